The molecule has 2 amide bonds. The molecule has 1 saturated heterocycles. The molecule has 0 saturated carbocycles. The van der Waals surface area contributed by atoms with E-state index in [0.29, 0.717) is 5.69 Å². The van der Waals surface area contributed by atoms with Crippen molar-refractivity contribution in [2.75, 3.05) is 37.4 Å². The number of carbonyl (C=O) groups excluding carboxylic acids is 2. The average molecular weight is 459 g/mol. The van der Waals surface area contributed by atoms with E-state index < -0.39 is 22.0 Å². The van der Waals surface area contributed by atoms with Gasteiger partial charge in [0.15, 0.2) is 0 Å². The number of amides is 2. The highest BCUT2D eigenvalue weighted by molar-refractivity contribution is 7.89. The molecule has 0 bridgehead atoms. The minimum atomic E-state index is -3.57. The maximum Gasteiger partial charge on any atom is 0.251 e. The zero-order chi connectivity index (χ0) is 23.3. The van der Waals surface area contributed by atoms with Crippen LogP contribution in [0, 0.1) is 0 Å². The van der Waals surface area contributed by atoms with Gasteiger partial charge in [0.25, 0.3) is 5.91 Å². The van der Waals surface area contributed by atoms with Crippen molar-refractivity contribution in [3.05, 3.63) is 54.1 Å². The molecule has 3 rings (SSSR count). The van der Waals surface area contributed by atoms with Gasteiger partial charge >= 0.3 is 0 Å². The Morgan fingerprint density at radius 3 is 2.09 bits per heavy atom. The molecule has 8 nitrogen and oxygen atoms in total. The molecule has 1 fully saturated rings. The predicted molar refractivity (Wildman–Crippen MR) is 125 cm³/mol. The Morgan fingerprint density at radius 1 is 0.938 bits per heavy atom. The zero-order valence-electron chi connectivity index (χ0n) is 18.7. The van der Waals surface area contributed by atoms with Crippen LogP contribution in [-0.4, -0.2) is 57.8 Å². The Balaban J connectivity index is 1.56. The largest absolute Gasteiger partial charge is 0.372 e. The molecule has 2 aromatic carbocycles. The van der Waals surface area contributed by atoms with Gasteiger partial charge in [-0.3, -0.25) is 9.59 Å². The number of hydrogen-bond donors (Lipinski definition) is 2. The molecular weight excluding hydrogens is 428 g/mol. The number of hydrogen-bond acceptors (Lipinski definition) is 5. The lowest BCUT2D eigenvalue weighted by molar-refractivity contribution is -0.117. The van der Waals surface area contributed by atoms with Crippen LogP contribution in [0.1, 0.15) is 36.5 Å². The average Bonchev–Trinajstić information content (AvgIpc) is 2.80. The Morgan fingerprint density at radius 2 is 1.53 bits per heavy atom. The van der Waals surface area contributed by atoms with Crippen molar-refractivity contribution in [3.8, 4) is 0 Å². The van der Waals surface area contributed by atoms with E-state index in [-0.39, 0.29) is 16.4 Å². The number of carbonyl (C=O) groups is 2. The van der Waals surface area contributed by atoms with Crippen molar-refractivity contribution < 1.29 is 18.0 Å². The number of nitrogens with zero attached hydrogens (tertiary/aromatic N) is 2. The van der Waals surface area contributed by atoms with Gasteiger partial charge in [0.1, 0.15) is 6.04 Å². The fourth-order valence-electron chi connectivity index (χ4n) is 3.49. The van der Waals surface area contributed by atoms with Crippen LogP contribution < -0.4 is 15.5 Å². The summed E-state index contributed by atoms with van der Waals surface area (Å²) in [7, 11) is -0.683. The van der Waals surface area contributed by atoms with E-state index in [0.717, 1.165) is 23.1 Å². The van der Waals surface area contributed by atoms with Gasteiger partial charge in [-0.2, -0.15) is 0 Å². The van der Waals surface area contributed by atoms with Crippen LogP contribution in [-0.2, 0) is 14.8 Å². The van der Waals surface area contributed by atoms with E-state index in [4.69, 9.17) is 0 Å². The quantitative estimate of drug-likeness (QED) is 0.665. The number of piperidine rings is 1. The molecule has 32 heavy (non-hydrogen) atoms. The topological polar surface area (TPSA) is 98.8 Å². The summed E-state index contributed by atoms with van der Waals surface area (Å²) in [6.07, 6.45) is 3.67. The minimum absolute atomic E-state index is 0.0952. The lowest BCUT2D eigenvalue weighted by atomic mass is 10.1. The number of nitrogens with one attached hydrogen (secondary N) is 2. The van der Waals surface area contributed by atoms with Crippen LogP contribution in [0.15, 0.2) is 53.4 Å². The molecular formula is C23H30N4O4S. The lowest BCUT2D eigenvalue weighted by Crippen LogP contribution is -2.41. The van der Waals surface area contributed by atoms with Gasteiger partial charge < -0.3 is 15.5 Å². The smallest absolute Gasteiger partial charge is 0.251 e. The summed E-state index contributed by atoms with van der Waals surface area (Å²) in [5, 5.41) is 5.45. The molecule has 1 aliphatic rings. The van der Waals surface area contributed by atoms with Gasteiger partial charge in [-0.05, 0) is 74.7 Å². The van der Waals surface area contributed by atoms with E-state index in [1.807, 2.05) is 24.3 Å². The summed E-state index contributed by atoms with van der Waals surface area (Å²) in [6.45, 7) is 3.70. The molecule has 2 N–H and O–H groups in total. The van der Waals surface area contributed by atoms with Crippen molar-refractivity contribution in [2.24, 2.45) is 0 Å². The summed E-state index contributed by atoms with van der Waals surface area (Å²) in [5.41, 5.74) is 2.08. The van der Waals surface area contributed by atoms with Gasteiger partial charge in [-0.15, -0.1) is 0 Å². The molecule has 0 aromatic heterocycles. The highest BCUT2D eigenvalue weighted by Crippen LogP contribution is 2.22. The first kappa shape index (κ1) is 23.7. The SMILES string of the molecule is CC(NC(=O)c1ccc(S(=O)(=O)N(C)C)cc1)C(=O)Nc1ccc(N2CCCCC2)cc1. The molecule has 0 aliphatic carbocycles. The lowest BCUT2D eigenvalue weighted by Gasteiger charge is -2.28. The predicted octanol–water partition coefficient (Wildman–Crippen LogP) is 2.68. The second kappa shape index (κ2) is 10.1. The first-order valence-corrected chi connectivity index (χ1v) is 12.1. The van der Waals surface area contributed by atoms with Crippen molar-refractivity contribution >= 4 is 33.2 Å². The zero-order valence-corrected chi connectivity index (χ0v) is 19.5. The molecule has 0 radical (unpaired) electrons. The van der Waals surface area contributed by atoms with E-state index >= 15 is 0 Å². The Labute approximate surface area is 189 Å². The Bertz CT molecular complexity index is 1040. The summed E-state index contributed by atoms with van der Waals surface area (Å²) < 4.78 is 25.4. The molecule has 172 valence electrons. The van der Waals surface area contributed by atoms with Crippen molar-refractivity contribution in [3.63, 3.8) is 0 Å². The van der Waals surface area contributed by atoms with Gasteiger partial charge in [-0.25, -0.2) is 12.7 Å². The third-order valence-corrected chi connectivity index (χ3v) is 7.32. The number of sulfonamides is 1. The fourth-order valence-corrected chi connectivity index (χ4v) is 4.39. The van der Waals surface area contributed by atoms with Crippen molar-refractivity contribution in [2.45, 2.75) is 37.1 Å². The van der Waals surface area contributed by atoms with Gasteiger partial charge in [0, 0.05) is 44.1 Å². The number of anilines is 2. The fraction of sp³-hybridized carbons (Fsp3) is 0.391. The first-order chi connectivity index (χ1) is 15.2. The monoisotopic (exact) mass is 458 g/mol. The Hall–Kier alpha value is -2.91. The molecule has 0 spiro atoms. The van der Waals surface area contributed by atoms with Crippen LogP contribution in [0.2, 0.25) is 0 Å². The maximum absolute atomic E-state index is 12.5. The molecule has 1 heterocycles. The summed E-state index contributed by atoms with van der Waals surface area (Å²) in [6, 6.07) is 12.5. The molecule has 9 heteroatoms. The van der Waals surface area contributed by atoms with Crippen molar-refractivity contribution in [1.29, 1.82) is 0 Å². The summed E-state index contributed by atoms with van der Waals surface area (Å²) >= 11 is 0. The number of benzene rings is 2. The normalized spacial score (nSPS) is 15.3. The van der Waals surface area contributed by atoms with Crippen LogP contribution in [0.5, 0.6) is 0 Å². The van der Waals surface area contributed by atoms with Crippen LogP contribution in [0.3, 0.4) is 0 Å². The van der Waals surface area contributed by atoms with Gasteiger partial charge in [-0.1, -0.05) is 0 Å². The third-order valence-electron chi connectivity index (χ3n) is 5.49. The van der Waals surface area contributed by atoms with E-state index in [9.17, 15) is 18.0 Å². The maximum atomic E-state index is 12.5. The second-order valence-electron chi connectivity index (χ2n) is 8.09. The van der Waals surface area contributed by atoms with Crippen LogP contribution >= 0.6 is 0 Å². The van der Waals surface area contributed by atoms with Gasteiger partial charge in [0.2, 0.25) is 15.9 Å². The molecule has 2 aromatic rings. The summed E-state index contributed by atoms with van der Waals surface area (Å²) in [4.78, 5) is 27.4. The molecule has 1 unspecified atom stereocenters. The molecule has 1 atom stereocenters. The van der Waals surface area contributed by atoms with E-state index in [1.54, 1.807) is 6.92 Å². The minimum Gasteiger partial charge on any atom is -0.372 e. The van der Waals surface area contributed by atoms with Crippen molar-refractivity contribution in [1.82, 2.24) is 9.62 Å². The standard InChI is InChI=1S/C23H30N4O4S/c1-17(24-23(29)18-7-13-21(14-8-18)32(30,31)26(2)3)22(28)25-19-9-11-20(12-10-19)27-15-5-4-6-16-27/h7-14,17H,4-6,15-16H2,1-3H3,(H,24,29)(H,25,28). The van der Waals surface area contributed by atoms with E-state index in [1.165, 1.54) is 57.6 Å². The van der Waals surface area contributed by atoms with Gasteiger partial charge in [0.05, 0.1) is 4.90 Å². The highest BCUT2D eigenvalue weighted by atomic mass is 32.2. The first-order valence-electron chi connectivity index (χ1n) is 10.7. The molecule has 1 aliphatic heterocycles. The van der Waals surface area contributed by atoms with Crippen LogP contribution in [0.25, 0.3) is 0 Å². The summed E-state index contributed by atoms with van der Waals surface area (Å²) in [5.74, 6) is -0.794. The Kier molecular flexibility index (Phi) is 7.52. The number of rotatable bonds is 7. The second-order valence-corrected chi connectivity index (χ2v) is 10.2. The third kappa shape index (κ3) is 5.66. The van der Waals surface area contributed by atoms with E-state index in [2.05, 4.69) is 15.5 Å². The van der Waals surface area contributed by atoms with Crippen LogP contribution in [0.4, 0.5) is 11.4 Å². The highest BCUT2D eigenvalue weighted by Gasteiger charge is 2.20.